The molecule has 0 bridgehead atoms. The van der Waals surface area contributed by atoms with Crippen molar-refractivity contribution in [3.8, 4) is 17.2 Å². The lowest BCUT2D eigenvalue weighted by Gasteiger charge is -2.07. The summed E-state index contributed by atoms with van der Waals surface area (Å²) in [5.74, 6) is 1.47. The van der Waals surface area contributed by atoms with Gasteiger partial charge in [0.2, 0.25) is 0 Å². The van der Waals surface area contributed by atoms with Gasteiger partial charge in [-0.2, -0.15) is 0 Å². The average molecular weight is 291 g/mol. The molecular formula is C18H13NO3. The lowest BCUT2D eigenvalue weighted by atomic mass is 10.3. The second-order valence-corrected chi connectivity index (χ2v) is 4.51. The number of para-hydroxylation sites is 1. The van der Waals surface area contributed by atoms with Crippen LogP contribution in [0, 0.1) is 0 Å². The molecule has 0 fully saturated rings. The summed E-state index contributed by atoms with van der Waals surface area (Å²) < 4.78 is 11.0. The van der Waals surface area contributed by atoms with Gasteiger partial charge in [0.1, 0.15) is 17.2 Å². The van der Waals surface area contributed by atoms with E-state index in [9.17, 15) is 4.79 Å². The number of aromatic nitrogens is 1. The Balaban J connectivity index is 1.66. The predicted molar refractivity (Wildman–Crippen MR) is 82.2 cm³/mol. The first-order chi connectivity index (χ1) is 10.8. The van der Waals surface area contributed by atoms with E-state index >= 15 is 0 Å². The zero-order valence-electron chi connectivity index (χ0n) is 11.7. The Kier molecular flexibility index (Phi) is 4.11. The van der Waals surface area contributed by atoms with Gasteiger partial charge in [-0.25, -0.2) is 4.79 Å². The van der Waals surface area contributed by atoms with Crippen molar-refractivity contribution in [2.45, 2.75) is 0 Å². The largest absolute Gasteiger partial charge is 0.457 e. The van der Waals surface area contributed by atoms with Crippen LogP contribution in [0.5, 0.6) is 17.2 Å². The summed E-state index contributed by atoms with van der Waals surface area (Å²) in [5.41, 5.74) is 0.458. The van der Waals surface area contributed by atoms with Crippen LogP contribution in [0.15, 0.2) is 79.1 Å². The first-order valence-corrected chi connectivity index (χ1v) is 6.76. The normalized spacial score (nSPS) is 10.0. The van der Waals surface area contributed by atoms with Gasteiger partial charge < -0.3 is 9.47 Å². The monoisotopic (exact) mass is 291 g/mol. The van der Waals surface area contributed by atoms with Crippen molar-refractivity contribution in [3.05, 3.63) is 84.7 Å². The van der Waals surface area contributed by atoms with E-state index in [0.29, 0.717) is 17.1 Å². The van der Waals surface area contributed by atoms with Crippen LogP contribution in [0.1, 0.15) is 10.4 Å². The highest BCUT2D eigenvalue weighted by atomic mass is 16.5. The molecule has 0 N–H and O–H groups in total. The summed E-state index contributed by atoms with van der Waals surface area (Å²) >= 11 is 0. The minimum absolute atomic E-state index is 0.417. The van der Waals surface area contributed by atoms with Crippen LogP contribution in [-0.4, -0.2) is 11.0 Å². The topological polar surface area (TPSA) is 48.4 Å². The van der Waals surface area contributed by atoms with Crippen molar-refractivity contribution in [1.29, 1.82) is 0 Å². The van der Waals surface area contributed by atoms with E-state index in [2.05, 4.69) is 4.98 Å². The number of carbonyl (C=O) groups is 1. The number of rotatable bonds is 4. The van der Waals surface area contributed by atoms with Crippen LogP contribution in [-0.2, 0) is 0 Å². The van der Waals surface area contributed by atoms with Crippen molar-refractivity contribution >= 4 is 5.97 Å². The minimum Gasteiger partial charge on any atom is -0.457 e. The van der Waals surface area contributed by atoms with Crippen LogP contribution < -0.4 is 9.47 Å². The van der Waals surface area contributed by atoms with Gasteiger partial charge in [0.15, 0.2) is 0 Å². The summed E-state index contributed by atoms with van der Waals surface area (Å²) in [6.07, 6.45) is 3.10. The molecular weight excluding hydrogens is 278 g/mol. The lowest BCUT2D eigenvalue weighted by Crippen LogP contribution is -2.08. The van der Waals surface area contributed by atoms with Gasteiger partial charge in [0, 0.05) is 12.4 Å². The van der Waals surface area contributed by atoms with Gasteiger partial charge in [0.25, 0.3) is 0 Å². The molecule has 0 saturated heterocycles. The van der Waals surface area contributed by atoms with E-state index in [4.69, 9.17) is 9.47 Å². The number of hydrogen-bond acceptors (Lipinski definition) is 4. The number of pyridine rings is 1. The quantitative estimate of drug-likeness (QED) is 0.536. The van der Waals surface area contributed by atoms with Crippen molar-refractivity contribution in [2.75, 3.05) is 0 Å². The molecule has 0 aliphatic rings. The molecule has 0 aliphatic heterocycles. The molecule has 3 aromatic rings. The van der Waals surface area contributed by atoms with E-state index in [0.717, 1.165) is 5.75 Å². The van der Waals surface area contributed by atoms with Crippen LogP contribution in [0.2, 0.25) is 0 Å². The molecule has 4 heteroatoms. The molecule has 0 aliphatic carbocycles. The van der Waals surface area contributed by atoms with Gasteiger partial charge in [-0.05, 0) is 48.5 Å². The van der Waals surface area contributed by atoms with Crippen molar-refractivity contribution in [3.63, 3.8) is 0 Å². The van der Waals surface area contributed by atoms with E-state index in [1.54, 1.807) is 48.8 Å². The summed E-state index contributed by atoms with van der Waals surface area (Å²) in [7, 11) is 0. The van der Waals surface area contributed by atoms with Crippen molar-refractivity contribution in [2.24, 2.45) is 0 Å². The maximum absolute atomic E-state index is 11.9. The van der Waals surface area contributed by atoms with Crippen molar-refractivity contribution in [1.82, 2.24) is 4.98 Å². The molecule has 0 unspecified atom stereocenters. The molecule has 0 radical (unpaired) electrons. The number of carbonyl (C=O) groups excluding carboxylic acids is 1. The Morgan fingerprint density at radius 1 is 0.727 bits per heavy atom. The van der Waals surface area contributed by atoms with Gasteiger partial charge in [-0.3, -0.25) is 4.98 Å². The van der Waals surface area contributed by atoms with Gasteiger partial charge in [0.05, 0.1) is 5.56 Å². The second kappa shape index (κ2) is 6.54. The lowest BCUT2D eigenvalue weighted by molar-refractivity contribution is 0.0734. The summed E-state index contributed by atoms with van der Waals surface area (Å²) in [5, 5.41) is 0. The number of benzene rings is 2. The summed E-state index contributed by atoms with van der Waals surface area (Å²) in [6, 6.07) is 19.6. The Hall–Kier alpha value is -3.14. The molecule has 0 amide bonds. The Labute approximate surface area is 128 Å². The average Bonchev–Trinajstić information content (AvgIpc) is 2.58. The summed E-state index contributed by atoms with van der Waals surface area (Å²) in [4.78, 5) is 15.8. The molecule has 0 saturated carbocycles. The van der Waals surface area contributed by atoms with Gasteiger partial charge in [-0.1, -0.05) is 18.2 Å². The SMILES string of the molecule is O=C(Oc1ccc(Oc2ccccc2)cc1)c1ccncc1. The Bertz CT molecular complexity index is 740. The van der Waals surface area contributed by atoms with Crippen LogP contribution in [0.25, 0.3) is 0 Å². The van der Waals surface area contributed by atoms with Crippen molar-refractivity contribution < 1.29 is 14.3 Å². The minimum atomic E-state index is -0.417. The van der Waals surface area contributed by atoms with Gasteiger partial charge >= 0.3 is 5.97 Å². The highest BCUT2D eigenvalue weighted by molar-refractivity contribution is 5.90. The fraction of sp³-hybridized carbons (Fsp3) is 0. The molecule has 0 spiro atoms. The van der Waals surface area contributed by atoms with Crippen LogP contribution >= 0.6 is 0 Å². The third kappa shape index (κ3) is 3.49. The first kappa shape index (κ1) is 13.8. The highest BCUT2D eigenvalue weighted by Gasteiger charge is 2.08. The second-order valence-electron chi connectivity index (χ2n) is 4.51. The van der Waals surface area contributed by atoms with E-state index in [-0.39, 0.29) is 0 Å². The van der Waals surface area contributed by atoms with Gasteiger partial charge in [-0.15, -0.1) is 0 Å². The maximum atomic E-state index is 11.9. The third-order valence-corrected chi connectivity index (χ3v) is 2.93. The number of nitrogens with zero attached hydrogens (tertiary/aromatic N) is 1. The van der Waals surface area contributed by atoms with E-state index < -0.39 is 5.97 Å². The Morgan fingerprint density at radius 2 is 1.32 bits per heavy atom. The molecule has 22 heavy (non-hydrogen) atoms. The molecule has 2 aromatic carbocycles. The van der Waals surface area contributed by atoms with E-state index in [1.165, 1.54) is 0 Å². The number of hydrogen-bond donors (Lipinski definition) is 0. The van der Waals surface area contributed by atoms with E-state index in [1.807, 2.05) is 30.3 Å². The number of ether oxygens (including phenoxy) is 2. The smallest absolute Gasteiger partial charge is 0.343 e. The Morgan fingerprint density at radius 3 is 2.00 bits per heavy atom. The summed E-state index contributed by atoms with van der Waals surface area (Å²) in [6.45, 7) is 0. The first-order valence-electron chi connectivity index (χ1n) is 6.76. The standard InChI is InChI=1S/C18H13NO3/c20-18(14-10-12-19-13-11-14)22-17-8-6-16(7-9-17)21-15-4-2-1-3-5-15/h1-13H. The molecule has 3 rings (SSSR count). The number of esters is 1. The van der Waals surface area contributed by atoms with Crippen LogP contribution in [0.3, 0.4) is 0 Å². The fourth-order valence-corrected chi connectivity index (χ4v) is 1.85. The fourth-order valence-electron chi connectivity index (χ4n) is 1.85. The van der Waals surface area contributed by atoms with Crippen LogP contribution in [0.4, 0.5) is 0 Å². The molecule has 1 heterocycles. The maximum Gasteiger partial charge on any atom is 0.343 e. The zero-order chi connectivity index (χ0) is 15.2. The molecule has 108 valence electrons. The third-order valence-electron chi connectivity index (χ3n) is 2.93. The predicted octanol–water partition coefficient (Wildman–Crippen LogP) is 4.09. The zero-order valence-corrected chi connectivity index (χ0v) is 11.7. The molecule has 0 atom stereocenters. The highest BCUT2D eigenvalue weighted by Crippen LogP contribution is 2.23. The molecule has 1 aromatic heterocycles. The molecule has 4 nitrogen and oxygen atoms in total.